The molecule has 1 aromatic rings. The molecule has 1 heterocycles. The summed E-state index contributed by atoms with van der Waals surface area (Å²) in [6, 6.07) is 5.88. The fourth-order valence-electron chi connectivity index (χ4n) is 2.05. The topological polar surface area (TPSA) is 41.1 Å². The third kappa shape index (κ3) is 3.25. The minimum Gasteiger partial charge on any atom is -0.325 e. The summed E-state index contributed by atoms with van der Waals surface area (Å²) in [5, 5.41) is 6.26. The van der Waals surface area contributed by atoms with Gasteiger partial charge < -0.3 is 10.6 Å². The SMILES string of the molecule is Cc1cc(Br)ccc1NC(=O)C1(C)CCNC1.Cl. The second kappa shape index (κ2) is 6.04. The van der Waals surface area contributed by atoms with Crippen LogP contribution in [0.25, 0.3) is 0 Å². The maximum Gasteiger partial charge on any atom is 0.231 e. The lowest BCUT2D eigenvalue weighted by Crippen LogP contribution is -2.35. The number of amides is 1. The van der Waals surface area contributed by atoms with Crippen LogP contribution in [0.2, 0.25) is 0 Å². The monoisotopic (exact) mass is 332 g/mol. The first-order valence-electron chi connectivity index (χ1n) is 5.80. The van der Waals surface area contributed by atoms with Gasteiger partial charge in [-0.15, -0.1) is 12.4 Å². The maximum absolute atomic E-state index is 12.2. The van der Waals surface area contributed by atoms with Gasteiger partial charge in [0.25, 0.3) is 0 Å². The van der Waals surface area contributed by atoms with E-state index in [4.69, 9.17) is 0 Å². The van der Waals surface area contributed by atoms with E-state index in [1.807, 2.05) is 32.0 Å². The number of carbonyl (C=O) groups is 1. The first kappa shape index (κ1) is 15.5. The average Bonchev–Trinajstić information content (AvgIpc) is 2.71. The molecule has 2 rings (SSSR count). The molecule has 2 N–H and O–H groups in total. The van der Waals surface area contributed by atoms with Gasteiger partial charge in [-0.25, -0.2) is 0 Å². The van der Waals surface area contributed by atoms with Gasteiger partial charge in [0, 0.05) is 16.7 Å². The Hall–Kier alpha value is -0.580. The van der Waals surface area contributed by atoms with Crippen LogP contribution < -0.4 is 10.6 Å². The average molecular weight is 334 g/mol. The number of anilines is 1. The van der Waals surface area contributed by atoms with Crippen molar-refractivity contribution < 1.29 is 4.79 Å². The quantitative estimate of drug-likeness (QED) is 0.873. The molecule has 1 aliphatic rings. The van der Waals surface area contributed by atoms with E-state index in [9.17, 15) is 4.79 Å². The Morgan fingerprint density at radius 2 is 2.22 bits per heavy atom. The van der Waals surface area contributed by atoms with E-state index in [0.29, 0.717) is 0 Å². The highest BCUT2D eigenvalue weighted by Gasteiger charge is 2.36. The Kier molecular flexibility index (Phi) is 5.20. The van der Waals surface area contributed by atoms with Gasteiger partial charge in [-0.05, 0) is 50.6 Å². The number of benzene rings is 1. The highest BCUT2D eigenvalue weighted by molar-refractivity contribution is 9.10. The Labute approximate surface area is 122 Å². The van der Waals surface area contributed by atoms with E-state index in [0.717, 1.165) is 35.2 Å². The lowest BCUT2D eigenvalue weighted by Gasteiger charge is -2.22. The molecule has 100 valence electrons. The van der Waals surface area contributed by atoms with Crippen molar-refractivity contribution in [3.63, 3.8) is 0 Å². The predicted octanol–water partition coefficient (Wildman–Crippen LogP) is 3.12. The van der Waals surface area contributed by atoms with Gasteiger partial charge in [-0.2, -0.15) is 0 Å². The van der Waals surface area contributed by atoms with Crippen molar-refractivity contribution in [1.82, 2.24) is 5.32 Å². The van der Waals surface area contributed by atoms with Crippen LogP contribution in [-0.2, 0) is 4.79 Å². The van der Waals surface area contributed by atoms with Crippen LogP contribution in [0.5, 0.6) is 0 Å². The second-order valence-electron chi connectivity index (χ2n) is 4.90. The molecular formula is C13H18BrClN2O. The lowest BCUT2D eigenvalue weighted by molar-refractivity contribution is -0.123. The van der Waals surface area contributed by atoms with Crippen molar-refractivity contribution in [2.24, 2.45) is 5.41 Å². The van der Waals surface area contributed by atoms with Gasteiger partial charge in [-0.3, -0.25) is 4.79 Å². The highest BCUT2D eigenvalue weighted by Crippen LogP contribution is 2.28. The number of carbonyl (C=O) groups excluding carboxylic acids is 1. The van der Waals surface area contributed by atoms with E-state index >= 15 is 0 Å². The van der Waals surface area contributed by atoms with E-state index in [1.165, 1.54) is 0 Å². The van der Waals surface area contributed by atoms with Gasteiger partial charge in [0.1, 0.15) is 0 Å². The molecule has 0 spiro atoms. The summed E-state index contributed by atoms with van der Waals surface area (Å²) in [7, 11) is 0. The number of halogens is 2. The van der Waals surface area contributed by atoms with Gasteiger partial charge in [-0.1, -0.05) is 15.9 Å². The number of hydrogen-bond donors (Lipinski definition) is 2. The summed E-state index contributed by atoms with van der Waals surface area (Å²) in [6.45, 7) is 5.68. The molecule has 1 atom stereocenters. The fraction of sp³-hybridized carbons (Fsp3) is 0.462. The normalized spacial score (nSPS) is 22.4. The standard InChI is InChI=1S/C13H17BrN2O.ClH/c1-9-7-10(14)3-4-11(9)16-12(17)13(2)5-6-15-8-13;/h3-4,7,15H,5-6,8H2,1-2H3,(H,16,17);1H. The number of hydrogen-bond acceptors (Lipinski definition) is 2. The summed E-state index contributed by atoms with van der Waals surface area (Å²) >= 11 is 3.42. The number of aryl methyl sites for hydroxylation is 1. The summed E-state index contributed by atoms with van der Waals surface area (Å²) < 4.78 is 1.03. The Balaban J connectivity index is 0.00000162. The van der Waals surface area contributed by atoms with Crippen LogP contribution in [0.4, 0.5) is 5.69 Å². The Morgan fingerprint density at radius 3 is 2.78 bits per heavy atom. The second-order valence-corrected chi connectivity index (χ2v) is 5.82. The van der Waals surface area contributed by atoms with Crippen molar-refractivity contribution in [3.05, 3.63) is 28.2 Å². The Bertz CT molecular complexity index is 445. The molecule has 0 aromatic heterocycles. The number of nitrogens with one attached hydrogen (secondary N) is 2. The molecule has 1 amide bonds. The van der Waals surface area contributed by atoms with E-state index < -0.39 is 0 Å². The van der Waals surface area contributed by atoms with Crippen molar-refractivity contribution >= 4 is 39.9 Å². The molecule has 0 saturated carbocycles. The van der Waals surface area contributed by atoms with Crippen molar-refractivity contribution in [1.29, 1.82) is 0 Å². The molecule has 1 unspecified atom stereocenters. The van der Waals surface area contributed by atoms with Crippen LogP contribution in [0.15, 0.2) is 22.7 Å². The van der Waals surface area contributed by atoms with Crippen LogP contribution in [0.1, 0.15) is 18.9 Å². The van der Waals surface area contributed by atoms with E-state index in [1.54, 1.807) is 0 Å². The maximum atomic E-state index is 12.2. The van der Waals surface area contributed by atoms with E-state index in [2.05, 4.69) is 26.6 Å². The van der Waals surface area contributed by atoms with Crippen molar-refractivity contribution in [2.45, 2.75) is 20.3 Å². The molecule has 0 bridgehead atoms. The first-order chi connectivity index (χ1) is 8.01. The molecule has 18 heavy (non-hydrogen) atoms. The largest absolute Gasteiger partial charge is 0.325 e. The van der Waals surface area contributed by atoms with Crippen molar-refractivity contribution in [2.75, 3.05) is 18.4 Å². The molecule has 1 aliphatic heterocycles. The zero-order valence-corrected chi connectivity index (χ0v) is 13.0. The van der Waals surface area contributed by atoms with Gasteiger partial charge >= 0.3 is 0 Å². The molecule has 1 aromatic carbocycles. The smallest absolute Gasteiger partial charge is 0.231 e. The third-order valence-corrected chi connectivity index (χ3v) is 3.85. The lowest BCUT2D eigenvalue weighted by atomic mass is 9.88. The van der Waals surface area contributed by atoms with Gasteiger partial charge in [0.15, 0.2) is 0 Å². The predicted molar refractivity (Wildman–Crippen MR) is 80.4 cm³/mol. The fourth-order valence-corrected chi connectivity index (χ4v) is 2.53. The molecule has 3 nitrogen and oxygen atoms in total. The zero-order chi connectivity index (χ0) is 12.5. The van der Waals surface area contributed by atoms with Gasteiger partial charge in [0.05, 0.1) is 5.41 Å². The minimum absolute atomic E-state index is 0. The third-order valence-electron chi connectivity index (χ3n) is 3.35. The van der Waals surface area contributed by atoms with Crippen LogP contribution in [-0.4, -0.2) is 19.0 Å². The molecule has 1 fully saturated rings. The molecular weight excluding hydrogens is 316 g/mol. The zero-order valence-electron chi connectivity index (χ0n) is 10.5. The summed E-state index contributed by atoms with van der Waals surface area (Å²) in [5.41, 5.74) is 1.69. The van der Waals surface area contributed by atoms with Crippen molar-refractivity contribution in [3.8, 4) is 0 Å². The first-order valence-corrected chi connectivity index (χ1v) is 6.59. The minimum atomic E-state index is -0.278. The van der Waals surface area contributed by atoms with Crippen LogP contribution >= 0.6 is 28.3 Å². The summed E-state index contributed by atoms with van der Waals surface area (Å²) in [5.74, 6) is 0.105. The Morgan fingerprint density at radius 1 is 1.50 bits per heavy atom. The van der Waals surface area contributed by atoms with E-state index in [-0.39, 0.29) is 23.7 Å². The van der Waals surface area contributed by atoms with Crippen LogP contribution in [0, 0.1) is 12.3 Å². The number of rotatable bonds is 2. The van der Waals surface area contributed by atoms with Crippen LogP contribution in [0.3, 0.4) is 0 Å². The summed E-state index contributed by atoms with van der Waals surface area (Å²) in [6.07, 6.45) is 0.897. The van der Waals surface area contributed by atoms with Gasteiger partial charge in [0.2, 0.25) is 5.91 Å². The highest BCUT2D eigenvalue weighted by atomic mass is 79.9. The molecule has 0 aliphatic carbocycles. The molecule has 5 heteroatoms. The summed E-state index contributed by atoms with van der Waals surface area (Å²) in [4.78, 5) is 12.2. The molecule has 1 saturated heterocycles. The molecule has 0 radical (unpaired) electrons.